The maximum absolute atomic E-state index is 11.7. The molecule has 0 aliphatic carbocycles. The van der Waals surface area contributed by atoms with Crippen LogP contribution in [0.5, 0.6) is 0 Å². The van der Waals surface area contributed by atoms with Crippen LogP contribution in [0, 0.1) is 0 Å². The van der Waals surface area contributed by atoms with Crippen LogP contribution in [0.3, 0.4) is 0 Å². The molecule has 0 aromatic rings. The number of hydrogen-bond acceptors (Lipinski definition) is 4. The summed E-state index contributed by atoms with van der Waals surface area (Å²) in [6.45, 7) is 3.00. The van der Waals surface area contributed by atoms with Crippen molar-refractivity contribution in [2.75, 3.05) is 13.1 Å². The van der Waals surface area contributed by atoms with Crippen LogP contribution in [0.2, 0.25) is 0 Å². The molecule has 2 saturated heterocycles. The lowest BCUT2D eigenvalue weighted by molar-refractivity contribution is -0.439. The predicted molar refractivity (Wildman–Crippen MR) is 62.8 cm³/mol. The molecule has 0 spiro atoms. The minimum Gasteiger partial charge on any atom is -0.314 e. The maximum Gasteiger partial charge on any atom is 0.248 e. The Kier molecular flexibility index (Phi) is 4.54. The Bertz CT molecular complexity index is 321. The van der Waals surface area contributed by atoms with Crippen molar-refractivity contribution in [3.63, 3.8) is 0 Å². The van der Waals surface area contributed by atoms with Crippen LogP contribution >= 0.6 is 0 Å². The lowest BCUT2D eigenvalue weighted by Crippen LogP contribution is -2.39. The van der Waals surface area contributed by atoms with E-state index >= 15 is 0 Å². The molecule has 1 unspecified atom stereocenters. The Balaban J connectivity index is 1.79. The van der Waals surface area contributed by atoms with E-state index in [0.717, 1.165) is 25.7 Å². The lowest BCUT2D eigenvalue weighted by atomic mass is 10.2. The first-order valence-electron chi connectivity index (χ1n) is 6.62. The number of likely N-dealkylation sites (tertiary alicyclic amines) is 1. The van der Waals surface area contributed by atoms with Crippen molar-refractivity contribution in [2.45, 2.75) is 51.7 Å². The summed E-state index contributed by atoms with van der Waals surface area (Å²) in [5.41, 5.74) is 0. The second kappa shape index (κ2) is 6.15. The highest BCUT2D eigenvalue weighted by Gasteiger charge is 2.27. The van der Waals surface area contributed by atoms with E-state index in [-0.39, 0.29) is 11.8 Å². The molecular weight excluding hydrogens is 236 g/mol. The van der Waals surface area contributed by atoms with Gasteiger partial charge in [-0.3, -0.25) is 9.59 Å². The van der Waals surface area contributed by atoms with Gasteiger partial charge in [-0.15, -0.1) is 4.99 Å². The molecule has 1 atom stereocenters. The van der Waals surface area contributed by atoms with Crippen LogP contribution < -0.4 is 0 Å². The van der Waals surface area contributed by atoms with Gasteiger partial charge in [-0.2, -0.15) is 9.95 Å². The van der Waals surface area contributed by atoms with Gasteiger partial charge in [-0.1, -0.05) is 6.42 Å². The zero-order chi connectivity index (χ0) is 13.0. The number of hydroxylamine groups is 2. The zero-order valence-corrected chi connectivity index (χ0v) is 10.8. The molecule has 18 heavy (non-hydrogen) atoms. The van der Waals surface area contributed by atoms with E-state index in [1.165, 1.54) is 5.06 Å². The normalized spacial score (nSPS) is 23.4. The van der Waals surface area contributed by atoms with E-state index in [4.69, 9.17) is 9.88 Å². The first-order valence-corrected chi connectivity index (χ1v) is 6.62. The van der Waals surface area contributed by atoms with Crippen LogP contribution in [0.4, 0.5) is 0 Å². The second-order valence-electron chi connectivity index (χ2n) is 4.77. The first kappa shape index (κ1) is 13.3. The van der Waals surface area contributed by atoms with Gasteiger partial charge in [0, 0.05) is 19.4 Å². The standard InChI is InChI=1S/C12H20N2O4/c1-10(13-8-5-7-11(13)15)17-18-14-9-4-2-3-6-12(14)16/h10H,2-9H2,1H3. The van der Waals surface area contributed by atoms with Gasteiger partial charge in [0.05, 0.1) is 6.54 Å². The number of amides is 2. The third-order valence-corrected chi connectivity index (χ3v) is 3.35. The molecule has 0 aromatic carbocycles. The molecule has 6 heteroatoms. The van der Waals surface area contributed by atoms with E-state index in [1.54, 1.807) is 11.8 Å². The summed E-state index contributed by atoms with van der Waals surface area (Å²) in [6, 6.07) is 0. The summed E-state index contributed by atoms with van der Waals surface area (Å²) in [5, 5.41) is 1.27. The van der Waals surface area contributed by atoms with Crippen LogP contribution in [0.25, 0.3) is 0 Å². The van der Waals surface area contributed by atoms with Crippen molar-refractivity contribution in [2.24, 2.45) is 0 Å². The van der Waals surface area contributed by atoms with Gasteiger partial charge in [-0.05, 0) is 26.2 Å². The van der Waals surface area contributed by atoms with Crippen molar-refractivity contribution < 1.29 is 19.5 Å². The monoisotopic (exact) mass is 256 g/mol. The number of nitrogens with zero attached hydrogens (tertiary/aromatic N) is 2. The highest BCUT2D eigenvalue weighted by molar-refractivity contribution is 5.78. The van der Waals surface area contributed by atoms with Crippen molar-refractivity contribution in [3.05, 3.63) is 0 Å². The average Bonchev–Trinajstić information content (AvgIpc) is 2.67. The highest BCUT2D eigenvalue weighted by atomic mass is 17.3. The van der Waals surface area contributed by atoms with Gasteiger partial charge >= 0.3 is 0 Å². The molecule has 102 valence electrons. The van der Waals surface area contributed by atoms with E-state index in [2.05, 4.69) is 0 Å². The number of hydrogen-bond donors (Lipinski definition) is 0. The molecule has 2 amide bonds. The summed E-state index contributed by atoms with van der Waals surface area (Å²) < 4.78 is 0. The smallest absolute Gasteiger partial charge is 0.248 e. The van der Waals surface area contributed by atoms with Gasteiger partial charge in [0.15, 0.2) is 6.23 Å². The molecule has 2 heterocycles. The molecule has 2 aliphatic heterocycles. The van der Waals surface area contributed by atoms with Gasteiger partial charge < -0.3 is 4.90 Å². The van der Waals surface area contributed by atoms with Crippen LogP contribution in [-0.2, 0) is 19.5 Å². The fourth-order valence-corrected chi connectivity index (χ4v) is 2.26. The minimum absolute atomic E-state index is 0.0487. The van der Waals surface area contributed by atoms with Gasteiger partial charge in [0.1, 0.15) is 0 Å². The molecule has 6 nitrogen and oxygen atoms in total. The maximum atomic E-state index is 11.7. The fraction of sp³-hybridized carbons (Fsp3) is 0.833. The highest BCUT2D eigenvalue weighted by Crippen LogP contribution is 2.16. The van der Waals surface area contributed by atoms with Gasteiger partial charge in [0.2, 0.25) is 11.8 Å². The molecule has 2 aliphatic rings. The van der Waals surface area contributed by atoms with Crippen molar-refractivity contribution in [1.82, 2.24) is 9.96 Å². The van der Waals surface area contributed by atoms with E-state index in [0.29, 0.717) is 25.9 Å². The van der Waals surface area contributed by atoms with Gasteiger partial charge in [-0.25, -0.2) is 0 Å². The lowest BCUT2D eigenvalue weighted by Gasteiger charge is -2.25. The fourth-order valence-electron chi connectivity index (χ4n) is 2.26. The molecule has 0 radical (unpaired) electrons. The summed E-state index contributed by atoms with van der Waals surface area (Å²) >= 11 is 0. The van der Waals surface area contributed by atoms with E-state index < -0.39 is 6.23 Å². The first-order chi connectivity index (χ1) is 8.68. The number of carbonyl (C=O) groups excluding carboxylic acids is 2. The van der Waals surface area contributed by atoms with Crippen LogP contribution in [-0.4, -0.2) is 41.1 Å². The van der Waals surface area contributed by atoms with Gasteiger partial charge in [0.25, 0.3) is 0 Å². The molecule has 0 aromatic heterocycles. The topological polar surface area (TPSA) is 59.1 Å². The number of rotatable bonds is 4. The average molecular weight is 256 g/mol. The zero-order valence-electron chi connectivity index (χ0n) is 10.8. The summed E-state index contributed by atoms with van der Waals surface area (Å²) in [4.78, 5) is 35.0. The summed E-state index contributed by atoms with van der Waals surface area (Å²) in [7, 11) is 0. The Morgan fingerprint density at radius 2 is 1.78 bits per heavy atom. The molecule has 0 saturated carbocycles. The molecule has 0 bridgehead atoms. The third-order valence-electron chi connectivity index (χ3n) is 3.35. The summed E-state index contributed by atoms with van der Waals surface area (Å²) in [5.74, 6) is 0.0285. The molecule has 0 N–H and O–H groups in total. The Labute approximate surface area is 107 Å². The number of carbonyl (C=O) groups is 2. The molecular formula is C12H20N2O4. The van der Waals surface area contributed by atoms with Crippen molar-refractivity contribution in [3.8, 4) is 0 Å². The van der Waals surface area contributed by atoms with Crippen molar-refractivity contribution in [1.29, 1.82) is 0 Å². The molecule has 2 fully saturated rings. The Hall–Kier alpha value is -1.14. The quantitative estimate of drug-likeness (QED) is 0.560. The largest absolute Gasteiger partial charge is 0.314 e. The minimum atomic E-state index is -0.448. The molecule has 2 rings (SSSR count). The summed E-state index contributed by atoms with van der Waals surface area (Å²) in [6.07, 6.45) is 4.33. The van der Waals surface area contributed by atoms with Crippen molar-refractivity contribution >= 4 is 11.8 Å². The van der Waals surface area contributed by atoms with Crippen LogP contribution in [0.1, 0.15) is 45.4 Å². The Morgan fingerprint density at radius 1 is 1.00 bits per heavy atom. The predicted octanol–water partition coefficient (Wildman–Crippen LogP) is 1.22. The van der Waals surface area contributed by atoms with E-state index in [9.17, 15) is 9.59 Å². The van der Waals surface area contributed by atoms with Crippen LogP contribution in [0.15, 0.2) is 0 Å². The SMILES string of the molecule is CC(OON1CCCCCC1=O)N1CCCC1=O. The van der Waals surface area contributed by atoms with E-state index in [1.807, 2.05) is 0 Å². The Morgan fingerprint density at radius 3 is 2.50 bits per heavy atom. The second-order valence-corrected chi connectivity index (χ2v) is 4.77. The third kappa shape index (κ3) is 3.20.